The maximum Gasteiger partial charge on any atom is 0.223 e. The molecule has 6 nitrogen and oxygen atoms in total. The molecule has 2 aliphatic heterocycles. The van der Waals surface area contributed by atoms with Crippen LogP contribution in [0.15, 0.2) is 30.3 Å². The second-order valence-electron chi connectivity index (χ2n) is 11.4. The number of carbonyl (C=O) groups excluding carboxylic acids is 1. The summed E-state index contributed by atoms with van der Waals surface area (Å²) in [5, 5.41) is 20.9. The molecule has 2 heterocycles. The predicted octanol–water partition coefficient (Wildman–Crippen LogP) is 3.15. The molecule has 0 spiro atoms. The summed E-state index contributed by atoms with van der Waals surface area (Å²) in [7, 11) is 0. The van der Waals surface area contributed by atoms with E-state index in [4.69, 9.17) is 9.47 Å². The maximum atomic E-state index is 13.1. The molecule has 2 aliphatic carbocycles. The molecule has 33 heavy (non-hydrogen) atoms. The van der Waals surface area contributed by atoms with E-state index < -0.39 is 12.2 Å². The zero-order valence-corrected chi connectivity index (χ0v) is 20.0. The molecule has 0 bridgehead atoms. The Morgan fingerprint density at radius 3 is 2.61 bits per heavy atom. The number of nitrogens with zero attached hydrogens (tertiary/aromatic N) is 1. The summed E-state index contributed by atoms with van der Waals surface area (Å²) < 4.78 is 12.8. The van der Waals surface area contributed by atoms with Crippen molar-refractivity contribution >= 4 is 5.91 Å². The largest absolute Gasteiger partial charge is 0.393 e. The van der Waals surface area contributed by atoms with Gasteiger partial charge >= 0.3 is 0 Å². The van der Waals surface area contributed by atoms with Crippen LogP contribution >= 0.6 is 0 Å². The van der Waals surface area contributed by atoms with Crippen LogP contribution in [0.4, 0.5) is 0 Å². The predicted molar refractivity (Wildman–Crippen MR) is 124 cm³/mol. The summed E-state index contributed by atoms with van der Waals surface area (Å²) in [6.07, 6.45) is 4.35. The molecule has 1 aromatic rings. The number of aliphatic hydroxyl groups is 2. The van der Waals surface area contributed by atoms with Gasteiger partial charge in [-0.15, -0.1) is 0 Å². The van der Waals surface area contributed by atoms with E-state index in [0.717, 1.165) is 32.1 Å². The van der Waals surface area contributed by atoms with Gasteiger partial charge in [-0.1, -0.05) is 44.2 Å². The summed E-state index contributed by atoms with van der Waals surface area (Å²) in [5.41, 5.74) is 0.972. The number of benzene rings is 1. The highest BCUT2D eigenvalue weighted by atomic mass is 16.7. The lowest BCUT2D eigenvalue weighted by atomic mass is 9.46. The van der Waals surface area contributed by atoms with Crippen molar-refractivity contribution in [2.24, 2.45) is 22.7 Å². The molecular weight excluding hydrogens is 418 g/mol. The van der Waals surface area contributed by atoms with Crippen LogP contribution in [0, 0.1) is 22.7 Å². The Morgan fingerprint density at radius 2 is 1.88 bits per heavy atom. The average Bonchev–Trinajstić information content (AvgIpc) is 3.23. The van der Waals surface area contributed by atoms with Gasteiger partial charge in [-0.25, -0.2) is 0 Å². The smallest absolute Gasteiger partial charge is 0.223 e. The number of aliphatic hydroxyl groups excluding tert-OH is 2. The van der Waals surface area contributed by atoms with Crippen molar-refractivity contribution < 1.29 is 24.5 Å². The van der Waals surface area contributed by atoms with Crippen molar-refractivity contribution in [1.29, 1.82) is 0 Å². The zero-order valence-electron chi connectivity index (χ0n) is 20.0. The van der Waals surface area contributed by atoms with Crippen molar-refractivity contribution in [3.63, 3.8) is 0 Å². The van der Waals surface area contributed by atoms with Crippen LogP contribution in [-0.4, -0.2) is 65.3 Å². The van der Waals surface area contributed by atoms with Crippen molar-refractivity contribution in [1.82, 2.24) is 4.90 Å². The Bertz CT molecular complexity index is 848. The summed E-state index contributed by atoms with van der Waals surface area (Å²) in [6, 6.07) is 10.3. The number of amides is 1. The molecule has 0 radical (unpaired) electrons. The number of hydrogen-bond donors (Lipinski definition) is 2. The van der Waals surface area contributed by atoms with E-state index in [-0.39, 0.29) is 35.0 Å². The average molecular weight is 458 g/mol. The molecule has 1 aromatic carbocycles. The lowest BCUT2D eigenvalue weighted by Gasteiger charge is -2.63. The molecule has 2 saturated heterocycles. The Labute approximate surface area is 197 Å². The fourth-order valence-corrected chi connectivity index (χ4v) is 7.49. The molecule has 6 heteroatoms. The fourth-order valence-electron chi connectivity index (χ4n) is 7.49. The van der Waals surface area contributed by atoms with Crippen LogP contribution in [-0.2, 0) is 20.7 Å². The Hall–Kier alpha value is -1.47. The third-order valence-electron chi connectivity index (χ3n) is 9.39. The molecule has 4 aliphatic rings. The van der Waals surface area contributed by atoms with E-state index in [2.05, 4.69) is 26.0 Å². The molecular formula is C27H39NO5. The molecule has 2 saturated carbocycles. The van der Waals surface area contributed by atoms with Gasteiger partial charge < -0.3 is 24.6 Å². The summed E-state index contributed by atoms with van der Waals surface area (Å²) in [4.78, 5) is 14.8. The second kappa shape index (κ2) is 8.95. The summed E-state index contributed by atoms with van der Waals surface area (Å²) in [5.74, 6) is 0.344. The highest BCUT2D eigenvalue weighted by Gasteiger charge is 2.61. The maximum absolute atomic E-state index is 13.1. The number of rotatable bonds is 4. The van der Waals surface area contributed by atoms with Crippen LogP contribution in [0.2, 0.25) is 0 Å². The van der Waals surface area contributed by atoms with E-state index in [0.29, 0.717) is 38.5 Å². The highest BCUT2D eigenvalue weighted by molar-refractivity contribution is 5.77. The minimum atomic E-state index is -0.459. The minimum Gasteiger partial charge on any atom is -0.393 e. The van der Waals surface area contributed by atoms with Gasteiger partial charge in [0.25, 0.3) is 0 Å². The van der Waals surface area contributed by atoms with Crippen LogP contribution in [0.3, 0.4) is 0 Å². The number of carbonyl (C=O) groups is 1. The minimum absolute atomic E-state index is 0.0682. The Kier molecular flexibility index (Phi) is 6.32. The van der Waals surface area contributed by atoms with E-state index in [1.165, 1.54) is 5.56 Å². The third-order valence-corrected chi connectivity index (χ3v) is 9.39. The molecule has 1 amide bonds. The van der Waals surface area contributed by atoms with E-state index in [9.17, 15) is 15.0 Å². The first-order chi connectivity index (χ1) is 15.8. The van der Waals surface area contributed by atoms with Crippen LogP contribution in [0.1, 0.15) is 57.9 Å². The SMILES string of the molecule is C[C@@]12CO[C@@H](Cc3ccccc3)O[C@@H]1CC[C@]1(C)[C@@H]2CC[C@@H](O)[C@H]1CC(=O)N1CC[C@@H](O)C1. The number of hydrogen-bond acceptors (Lipinski definition) is 5. The van der Waals surface area contributed by atoms with Gasteiger partial charge in [0.05, 0.1) is 24.9 Å². The number of likely N-dealkylation sites (tertiary alicyclic amines) is 1. The van der Waals surface area contributed by atoms with Crippen molar-refractivity contribution in [2.45, 2.75) is 83.4 Å². The van der Waals surface area contributed by atoms with Crippen molar-refractivity contribution in [3.05, 3.63) is 35.9 Å². The van der Waals surface area contributed by atoms with Gasteiger partial charge in [0.2, 0.25) is 5.91 Å². The molecule has 4 fully saturated rings. The molecule has 182 valence electrons. The monoisotopic (exact) mass is 457 g/mol. The van der Waals surface area contributed by atoms with E-state index >= 15 is 0 Å². The van der Waals surface area contributed by atoms with Crippen LogP contribution < -0.4 is 0 Å². The van der Waals surface area contributed by atoms with Crippen LogP contribution in [0.25, 0.3) is 0 Å². The molecule has 2 N–H and O–H groups in total. The first-order valence-electron chi connectivity index (χ1n) is 12.7. The number of β-amino-alcohol motifs (C(OH)–C–C–N with tert-alkyl or cyclic N) is 1. The zero-order chi connectivity index (χ0) is 23.2. The lowest BCUT2D eigenvalue weighted by molar-refractivity contribution is -0.308. The Morgan fingerprint density at radius 1 is 1.09 bits per heavy atom. The van der Waals surface area contributed by atoms with E-state index in [1.807, 2.05) is 18.2 Å². The van der Waals surface area contributed by atoms with Gasteiger partial charge in [0.1, 0.15) is 0 Å². The number of fused-ring (bicyclic) bond motifs is 3. The normalized spacial score (nSPS) is 43.1. The number of ether oxygens (including phenoxy) is 2. The summed E-state index contributed by atoms with van der Waals surface area (Å²) >= 11 is 0. The summed E-state index contributed by atoms with van der Waals surface area (Å²) in [6.45, 7) is 6.28. The van der Waals surface area contributed by atoms with Gasteiger partial charge in [0.15, 0.2) is 6.29 Å². The first kappa shape index (κ1) is 23.3. The first-order valence-corrected chi connectivity index (χ1v) is 12.7. The fraction of sp³-hybridized carbons (Fsp3) is 0.741. The highest BCUT2D eigenvalue weighted by Crippen LogP contribution is 2.62. The lowest BCUT2D eigenvalue weighted by Crippen LogP contribution is -2.63. The molecule has 0 aromatic heterocycles. The van der Waals surface area contributed by atoms with Gasteiger partial charge in [-0.05, 0) is 54.9 Å². The standard InChI is InChI=1S/C27H39NO5/c1-26-12-10-23-27(2,17-32-25(33-23)14-18-6-4-3-5-7-18)22(26)9-8-21(30)20(26)15-24(31)28-13-11-19(29)16-28/h3-7,19-23,25,29-30H,8-17H2,1-2H3/t19-,20-,21-,22+,23-,25-,26+,27+/m1/s1. The molecule has 0 unspecified atom stereocenters. The van der Waals surface area contributed by atoms with Gasteiger partial charge in [0, 0.05) is 31.3 Å². The third kappa shape index (κ3) is 4.24. The van der Waals surface area contributed by atoms with Crippen molar-refractivity contribution in [3.8, 4) is 0 Å². The molecule has 5 rings (SSSR count). The second-order valence-corrected chi connectivity index (χ2v) is 11.4. The van der Waals surface area contributed by atoms with E-state index in [1.54, 1.807) is 4.90 Å². The Balaban J connectivity index is 1.30. The van der Waals surface area contributed by atoms with Crippen LogP contribution in [0.5, 0.6) is 0 Å². The van der Waals surface area contributed by atoms with Gasteiger partial charge in [-0.3, -0.25) is 4.79 Å². The quantitative estimate of drug-likeness (QED) is 0.726. The molecule has 8 atom stereocenters. The topological polar surface area (TPSA) is 79.2 Å². The van der Waals surface area contributed by atoms with Crippen molar-refractivity contribution in [2.75, 3.05) is 19.7 Å². The van der Waals surface area contributed by atoms with Gasteiger partial charge in [-0.2, -0.15) is 0 Å².